The first-order valence-electron chi connectivity index (χ1n) is 10.3. The molecule has 7 heteroatoms. The van der Waals surface area contributed by atoms with Crippen molar-refractivity contribution in [2.45, 2.75) is 45.7 Å². The lowest BCUT2D eigenvalue weighted by Gasteiger charge is -2.36. The molecule has 0 bridgehead atoms. The van der Waals surface area contributed by atoms with Crippen molar-refractivity contribution in [3.8, 4) is 0 Å². The van der Waals surface area contributed by atoms with Crippen molar-refractivity contribution in [1.29, 1.82) is 0 Å². The molecule has 6 nitrogen and oxygen atoms in total. The smallest absolute Gasteiger partial charge is 0.287 e. The predicted octanol–water partition coefficient (Wildman–Crippen LogP) is 3.68. The Morgan fingerprint density at radius 3 is 2.59 bits per heavy atom. The third-order valence-corrected chi connectivity index (χ3v) is 6.55. The van der Waals surface area contributed by atoms with E-state index in [1.54, 1.807) is 23.5 Å². The molecule has 2 atom stereocenters. The van der Waals surface area contributed by atoms with Gasteiger partial charge in [0, 0.05) is 11.4 Å². The van der Waals surface area contributed by atoms with Gasteiger partial charge >= 0.3 is 0 Å². The normalized spacial score (nSPS) is 17.8. The van der Waals surface area contributed by atoms with Crippen LogP contribution in [0, 0.1) is 11.8 Å². The van der Waals surface area contributed by atoms with Crippen molar-refractivity contribution in [3.63, 3.8) is 0 Å². The van der Waals surface area contributed by atoms with Gasteiger partial charge in [-0.2, -0.15) is 0 Å². The van der Waals surface area contributed by atoms with Gasteiger partial charge in [-0.05, 0) is 61.3 Å². The fourth-order valence-corrected chi connectivity index (χ4v) is 4.55. The summed E-state index contributed by atoms with van der Waals surface area (Å²) >= 11 is 1.73. The van der Waals surface area contributed by atoms with Crippen molar-refractivity contribution in [2.75, 3.05) is 19.6 Å². The highest BCUT2D eigenvalue weighted by atomic mass is 32.1. The summed E-state index contributed by atoms with van der Waals surface area (Å²) in [6, 6.07) is 7.00. The number of rotatable bonds is 8. The molecule has 2 N–H and O–H groups in total. The molecule has 0 radical (unpaired) electrons. The molecule has 158 valence electrons. The zero-order valence-electron chi connectivity index (χ0n) is 17.4. The molecule has 0 spiro atoms. The molecule has 2 aromatic rings. The number of hydrogen-bond donors (Lipinski definition) is 2. The molecule has 2 amide bonds. The third kappa shape index (κ3) is 5.70. The van der Waals surface area contributed by atoms with E-state index in [4.69, 9.17) is 4.42 Å². The van der Waals surface area contributed by atoms with Crippen molar-refractivity contribution < 1.29 is 14.0 Å². The Kier molecular flexibility index (Phi) is 7.50. The van der Waals surface area contributed by atoms with Crippen LogP contribution in [0.25, 0.3) is 0 Å². The second kappa shape index (κ2) is 10.1. The maximum absolute atomic E-state index is 12.9. The number of thiophene rings is 1. The minimum absolute atomic E-state index is 0.0371. The molecule has 1 fully saturated rings. The van der Waals surface area contributed by atoms with Gasteiger partial charge in [-0.15, -0.1) is 11.3 Å². The summed E-state index contributed by atoms with van der Waals surface area (Å²) < 4.78 is 5.14. The van der Waals surface area contributed by atoms with Crippen LogP contribution in [0.15, 0.2) is 40.3 Å². The van der Waals surface area contributed by atoms with E-state index >= 15 is 0 Å². The Morgan fingerprint density at radius 2 is 2.00 bits per heavy atom. The average Bonchev–Trinajstić information content (AvgIpc) is 3.41. The van der Waals surface area contributed by atoms with Crippen LogP contribution in [-0.4, -0.2) is 42.4 Å². The lowest BCUT2D eigenvalue weighted by atomic mass is 9.97. The Morgan fingerprint density at radius 1 is 1.24 bits per heavy atom. The van der Waals surface area contributed by atoms with Crippen LogP contribution in [0.4, 0.5) is 0 Å². The lowest BCUT2D eigenvalue weighted by molar-refractivity contribution is -0.124. The van der Waals surface area contributed by atoms with E-state index in [1.807, 2.05) is 13.8 Å². The van der Waals surface area contributed by atoms with E-state index in [-0.39, 0.29) is 29.5 Å². The quantitative estimate of drug-likeness (QED) is 0.687. The SMILES string of the molecule is CC1CCN([C@@H](CNC(=O)[C@H](NC(=O)c2ccco2)C(C)C)c2cccs2)CC1. The van der Waals surface area contributed by atoms with Crippen LogP contribution < -0.4 is 10.6 Å². The minimum Gasteiger partial charge on any atom is -0.459 e. The fraction of sp³-hybridized carbons (Fsp3) is 0.545. The summed E-state index contributed by atoms with van der Waals surface area (Å²) in [4.78, 5) is 29.0. The first-order valence-corrected chi connectivity index (χ1v) is 11.2. The lowest BCUT2D eigenvalue weighted by Crippen LogP contribution is -2.51. The molecule has 1 aliphatic heterocycles. The van der Waals surface area contributed by atoms with E-state index in [0.717, 1.165) is 19.0 Å². The number of likely N-dealkylation sites (tertiary alicyclic amines) is 1. The fourth-order valence-electron chi connectivity index (χ4n) is 3.69. The molecule has 0 aromatic carbocycles. The Labute approximate surface area is 176 Å². The molecule has 1 aliphatic rings. The summed E-state index contributed by atoms with van der Waals surface area (Å²) in [5, 5.41) is 7.98. The number of carbonyl (C=O) groups is 2. The van der Waals surface area contributed by atoms with Crippen LogP contribution >= 0.6 is 11.3 Å². The van der Waals surface area contributed by atoms with Gasteiger partial charge in [-0.3, -0.25) is 14.5 Å². The van der Waals surface area contributed by atoms with Gasteiger partial charge in [0.25, 0.3) is 5.91 Å². The van der Waals surface area contributed by atoms with Crippen molar-refractivity contribution in [1.82, 2.24) is 15.5 Å². The van der Waals surface area contributed by atoms with E-state index in [2.05, 4.69) is 40.0 Å². The number of furan rings is 1. The standard InChI is InChI=1S/C22H31N3O3S/c1-15(2)20(24-21(26)18-6-4-12-28-18)22(27)23-14-17(19-7-5-13-29-19)25-10-8-16(3)9-11-25/h4-7,12-13,15-17,20H,8-11,14H2,1-3H3,(H,23,27)(H,24,26)/t17-,20+/m0/s1. The molecule has 0 saturated carbocycles. The number of nitrogens with one attached hydrogen (secondary N) is 2. The van der Waals surface area contributed by atoms with Gasteiger partial charge in [-0.25, -0.2) is 0 Å². The molecule has 0 aliphatic carbocycles. The topological polar surface area (TPSA) is 74.6 Å². The zero-order chi connectivity index (χ0) is 20.8. The Balaban J connectivity index is 1.63. The Bertz CT molecular complexity index is 765. The van der Waals surface area contributed by atoms with Gasteiger partial charge in [-0.1, -0.05) is 26.8 Å². The Hall–Kier alpha value is -2.12. The minimum atomic E-state index is -0.613. The van der Waals surface area contributed by atoms with E-state index < -0.39 is 6.04 Å². The van der Waals surface area contributed by atoms with Crippen molar-refractivity contribution in [3.05, 3.63) is 46.5 Å². The number of amides is 2. The zero-order valence-corrected chi connectivity index (χ0v) is 18.2. The highest BCUT2D eigenvalue weighted by Crippen LogP contribution is 2.29. The molecular formula is C22H31N3O3S. The van der Waals surface area contributed by atoms with Gasteiger partial charge in [0.1, 0.15) is 6.04 Å². The summed E-state index contributed by atoms with van der Waals surface area (Å²) in [5.74, 6) is 0.398. The number of hydrogen-bond acceptors (Lipinski definition) is 5. The number of piperidine rings is 1. The second-order valence-corrected chi connectivity index (χ2v) is 9.15. The van der Waals surface area contributed by atoms with E-state index in [0.29, 0.717) is 6.54 Å². The molecular weight excluding hydrogens is 386 g/mol. The molecule has 29 heavy (non-hydrogen) atoms. The largest absolute Gasteiger partial charge is 0.459 e. The summed E-state index contributed by atoms with van der Waals surface area (Å²) in [6.07, 6.45) is 3.82. The van der Waals surface area contributed by atoms with E-state index in [9.17, 15) is 9.59 Å². The molecule has 2 aromatic heterocycles. The summed E-state index contributed by atoms with van der Waals surface area (Å²) in [6.45, 7) is 8.78. The molecule has 0 unspecified atom stereocenters. The summed E-state index contributed by atoms with van der Waals surface area (Å²) in [5.41, 5.74) is 0. The van der Waals surface area contributed by atoms with E-state index in [1.165, 1.54) is 24.0 Å². The van der Waals surface area contributed by atoms with Gasteiger partial charge in [0.15, 0.2) is 5.76 Å². The maximum Gasteiger partial charge on any atom is 0.287 e. The predicted molar refractivity (Wildman–Crippen MR) is 115 cm³/mol. The number of carbonyl (C=O) groups excluding carboxylic acids is 2. The molecule has 3 heterocycles. The number of nitrogens with zero attached hydrogens (tertiary/aromatic N) is 1. The van der Waals surface area contributed by atoms with Gasteiger partial charge < -0.3 is 15.1 Å². The van der Waals surface area contributed by atoms with Gasteiger partial charge in [0.2, 0.25) is 5.91 Å². The monoisotopic (exact) mass is 417 g/mol. The van der Waals surface area contributed by atoms with Crippen LogP contribution in [0.2, 0.25) is 0 Å². The van der Waals surface area contributed by atoms with Crippen molar-refractivity contribution >= 4 is 23.2 Å². The van der Waals surface area contributed by atoms with Crippen LogP contribution in [0.1, 0.15) is 55.1 Å². The second-order valence-electron chi connectivity index (χ2n) is 8.17. The molecule has 3 rings (SSSR count). The first-order chi connectivity index (χ1) is 14.0. The van der Waals surface area contributed by atoms with Crippen LogP contribution in [0.5, 0.6) is 0 Å². The van der Waals surface area contributed by atoms with Crippen molar-refractivity contribution in [2.24, 2.45) is 11.8 Å². The average molecular weight is 418 g/mol. The highest BCUT2D eigenvalue weighted by Gasteiger charge is 2.29. The maximum atomic E-state index is 12.9. The van der Waals surface area contributed by atoms with Crippen LogP contribution in [0.3, 0.4) is 0 Å². The van der Waals surface area contributed by atoms with Crippen LogP contribution in [-0.2, 0) is 4.79 Å². The third-order valence-electron chi connectivity index (χ3n) is 5.58. The van der Waals surface area contributed by atoms with Gasteiger partial charge in [0.05, 0.1) is 12.3 Å². The molecule has 1 saturated heterocycles. The summed E-state index contributed by atoms with van der Waals surface area (Å²) in [7, 11) is 0. The first kappa shape index (κ1) is 21.6. The highest BCUT2D eigenvalue weighted by molar-refractivity contribution is 7.10.